The first-order chi connectivity index (χ1) is 6.66. The monoisotopic (exact) mass is 200 g/mol. The van der Waals surface area contributed by atoms with Crippen molar-refractivity contribution in [1.82, 2.24) is 4.90 Å². The lowest BCUT2D eigenvalue weighted by Gasteiger charge is -2.40. The molecule has 0 aromatic rings. The summed E-state index contributed by atoms with van der Waals surface area (Å²) in [5.74, 6) is 0.823. The molecule has 86 valence electrons. The number of nitrogens with zero attached hydrogens (tertiary/aromatic N) is 1. The molecule has 0 aliphatic heterocycles. The van der Waals surface area contributed by atoms with Crippen molar-refractivity contribution in [3.8, 4) is 0 Å². The summed E-state index contributed by atoms with van der Waals surface area (Å²) >= 11 is 0. The maximum Gasteiger partial charge on any atom is 0.0269 e. The summed E-state index contributed by atoms with van der Waals surface area (Å²) in [4.78, 5) is 2.30. The Balaban J connectivity index is 0.000000791. The predicted molar refractivity (Wildman–Crippen MR) is 64.4 cm³/mol. The average Bonchev–Trinajstić information content (AvgIpc) is 2.19. The Morgan fingerprint density at radius 1 is 1.21 bits per heavy atom. The molecular formula is C12H28N2. The molecule has 0 saturated heterocycles. The molecule has 0 amide bonds. The van der Waals surface area contributed by atoms with E-state index in [-0.39, 0.29) is 0 Å². The standard InChI is InChI=1S/C10H22N2.C2H6/c1-4-8-6-5-7-9(11)10(8)12(2)3;1-2/h8-10H,4-7,11H2,1-3H3;1-2H3. The van der Waals surface area contributed by atoms with Crippen molar-refractivity contribution in [2.24, 2.45) is 11.7 Å². The Kier molecular flexibility index (Phi) is 7.20. The SMILES string of the molecule is CC.CCC1CCCC(N)C1N(C)C. The average molecular weight is 200 g/mol. The third-order valence-corrected chi connectivity index (χ3v) is 3.15. The summed E-state index contributed by atoms with van der Waals surface area (Å²) in [6.45, 7) is 6.28. The first kappa shape index (κ1) is 13.9. The minimum atomic E-state index is 0.402. The van der Waals surface area contributed by atoms with Crippen molar-refractivity contribution in [1.29, 1.82) is 0 Å². The van der Waals surface area contributed by atoms with Crippen LogP contribution in [0.4, 0.5) is 0 Å². The van der Waals surface area contributed by atoms with Crippen LogP contribution >= 0.6 is 0 Å². The molecule has 1 rings (SSSR count). The summed E-state index contributed by atoms with van der Waals surface area (Å²) in [5, 5.41) is 0. The second-order valence-electron chi connectivity index (χ2n) is 4.22. The molecule has 0 spiro atoms. The van der Waals surface area contributed by atoms with Crippen LogP contribution in [0.5, 0.6) is 0 Å². The van der Waals surface area contributed by atoms with Gasteiger partial charge in [-0.2, -0.15) is 0 Å². The van der Waals surface area contributed by atoms with E-state index in [1.54, 1.807) is 0 Å². The lowest BCUT2D eigenvalue weighted by atomic mass is 9.79. The zero-order valence-corrected chi connectivity index (χ0v) is 10.6. The molecule has 2 N–H and O–H groups in total. The van der Waals surface area contributed by atoms with Gasteiger partial charge in [-0.3, -0.25) is 0 Å². The highest BCUT2D eigenvalue weighted by Crippen LogP contribution is 2.28. The number of hydrogen-bond donors (Lipinski definition) is 1. The quantitative estimate of drug-likeness (QED) is 0.742. The topological polar surface area (TPSA) is 29.3 Å². The fraction of sp³-hybridized carbons (Fsp3) is 1.00. The van der Waals surface area contributed by atoms with E-state index in [1.165, 1.54) is 25.7 Å². The molecule has 0 aromatic heterocycles. The molecule has 1 aliphatic rings. The van der Waals surface area contributed by atoms with E-state index in [9.17, 15) is 0 Å². The second-order valence-corrected chi connectivity index (χ2v) is 4.22. The Morgan fingerprint density at radius 3 is 2.14 bits per heavy atom. The molecule has 14 heavy (non-hydrogen) atoms. The van der Waals surface area contributed by atoms with Crippen LogP contribution in [0, 0.1) is 5.92 Å². The summed E-state index contributed by atoms with van der Waals surface area (Å²) in [7, 11) is 4.30. The molecule has 0 radical (unpaired) electrons. The van der Waals surface area contributed by atoms with Crippen molar-refractivity contribution in [2.45, 2.75) is 58.5 Å². The summed E-state index contributed by atoms with van der Waals surface area (Å²) in [6, 6.07) is 1.02. The maximum atomic E-state index is 6.10. The van der Waals surface area contributed by atoms with E-state index >= 15 is 0 Å². The van der Waals surface area contributed by atoms with Gasteiger partial charge in [0.25, 0.3) is 0 Å². The van der Waals surface area contributed by atoms with Crippen molar-refractivity contribution in [2.75, 3.05) is 14.1 Å². The molecule has 1 saturated carbocycles. The minimum absolute atomic E-state index is 0.402. The third kappa shape index (κ3) is 3.58. The van der Waals surface area contributed by atoms with Crippen molar-refractivity contribution in [3.05, 3.63) is 0 Å². The van der Waals surface area contributed by atoms with E-state index in [4.69, 9.17) is 5.73 Å². The van der Waals surface area contributed by atoms with Crippen LogP contribution < -0.4 is 5.73 Å². The largest absolute Gasteiger partial charge is 0.326 e. The van der Waals surface area contributed by atoms with Gasteiger partial charge in [0.2, 0.25) is 0 Å². The molecule has 1 aliphatic carbocycles. The highest BCUT2D eigenvalue weighted by molar-refractivity contribution is 4.89. The van der Waals surface area contributed by atoms with Gasteiger partial charge >= 0.3 is 0 Å². The van der Waals surface area contributed by atoms with Crippen LogP contribution in [-0.4, -0.2) is 31.1 Å². The lowest BCUT2D eigenvalue weighted by Crippen LogP contribution is -2.51. The van der Waals surface area contributed by atoms with E-state index in [0.29, 0.717) is 12.1 Å². The van der Waals surface area contributed by atoms with Crippen molar-refractivity contribution < 1.29 is 0 Å². The van der Waals surface area contributed by atoms with Gasteiger partial charge in [0, 0.05) is 12.1 Å². The normalized spacial score (nSPS) is 32.4. The molecule has 2 nitrogen and oxygen atoms in total. The molecule has 2 heteroatoms. The fourth-order valence-corrected chi connectivity index (χ4v) is 2.56. The second kappa shape index (κ2) is 7.24. The van der Waals surface area contributed by atoms with Crippen LogP contribution in [0.25, 0.3) is 0 Å². The van der Waals surface area contributed by atoms with E-state index in [1.807, 2.05) is 13.8 Å². The molecule has 0 heterocycles. The van der Waals surface area contributed by atoms with Gasteiger partial charge in [-0.1, -0.05) is 33.6 Å². The Morgan fingerprint density at radius 2 is 1.79 bits per heavy atom. The molecule has 0 aromatic carbocycles. The van der Waals surface area contributed by atoms with Crippen molar-refractivity contribution >= 4 is 0 Å². The number of hydrogen-bond acceptors (Lipinski definition) is 2. The Hall–Kier alpha value is -0.0800. The number of rotatable bonds is 2. The third-order valence-electron chi connectivity index (χ3n) is 3.15. The van der Waals surface area contributed by atoms with Gasteiger partial charge in [-0.25, -0.2) is 0 Å². The Labute approximate surface area is 89.9 Å². The zero-order valence-electron chi connectivity index (χ0n) is 10.6. The van der Waals surface area contributed by atoms with E-state index in [2.05, 4.69) is 25.9 Å². The minimum Gasteiger partial charge on any atom is -0.326 e. The summed E-state index contributed by atoms with van der Waals surface area (Å²) in [6.07, 6.45) is 5.17. The van der Waals surface area contributed by atoms with Gasteiger partial charge in [-0.15, -0.1) is 0 Å². The number of likely N-dealkylation sites (N-methyl/N-ethyl adjacent to an activating group) is 1. The van der Waals surface area contributed by atoms with E-state index in [0.717, 1.165) is 5.92 Å². The summed E-state index contributed by atoms with van der Waals surface area (Å²) < 4.78 is 0. The van der Waals surface area contributed by atoms with Gasteiger partial charge in [-0.05, 0) is 32.9 Å². The molecular weight excluding hydrogens is 172 g/mol. The van der Waals surface area contributed by atoms with Crippen LogP contribution in [0.15, 0.2) is 0 Å². The van der Waals surface area contributed by atoms with E-state index < -0.39 is 0 Å². The van der Waals surface area contributed by atoms with Crippen LogP contribution in [0.3, 0.4) is 0 Å². The lowest BCUT2D eigenvalue weighted by molar-refractivity contribution is 0.130. The predicted octanol–water partition coefficient (Wildman–Crippen LogP) is 2.48. The first-order valence-electron chi connectivity index (χ1n) is 6.08. The maximum absolute atomic E-state index is 6.10. The van der Waals surface area contributed by atoms with Crippen LogP contribution in [0.2, 0.25) is 0 Å². The van der Waals surface area contributed by atoms with Crippen LogP contribution in [0.1, 0.15) is 46.5 Å². The zero-order chi connectivity index (χ0) is 11.1. The summed E-state index contributed by atoms with van der Waals surface area (Å²) in [5.41, 5.74) is 6.10. The fourth-order valence-electron chi connectivity index (χ4n) is 2.56. The molecule has 1 fully saturated rings. The smallest absolute Gasteiger partial charge is 0.0269 e. The molecule has 3 unspecified atom stereocenters. The van der Waals surface area contributed by atoms with Crippen molar-refractivity contribution in [3.63, 3.8) is 0 Å². The van der Waals surface area contributed by atoms with Gasteiger partial charge < -0.3 is 10.6 Å². The molecule has 0 bridgehead atoms. The van der Waals surface area contributed by atoms with Crippen LogP contribution in [-0.2, 0) is 0 Å². The Bertz CT molecular complexity index is 134. The first-order valence-corrected chi connectivity index (χ1v) is 6.08. The highest BCUT2D eigenvalue weighted by Gasteiger charge is 2.31. The molecule has 3 atom stereocenters. The van der Waals surface area contributed by atoms with Gasteiger partial charge in [0.05, 0.1) is 0 Å². The number of nitrogens with two attached hydrogens (primary N) is 1. The van der Waals surface area contributed by atoms with Gasteiger partial charge in [0.15, 0.2) is 0 Å². The highest BCUT2D eigenvalue weighted by atomic mass is 15.1. The van der Waals surface area contributed by atoms with Gasteiger partial charge in [0.1, 0.15) is 0 Å².